The zero-order valence-corrected chi connectivity index (χ0v) is 19.0. The number of halogens is 5. The summed E-state index contributed by atoms with van der Waals surface area (Å²) < 4.78 is 80.3. The van der Waals surface area contributed by atoms with Gasteiger partial charge in [-0.3, -0.25) is 9.10 Å². The Morgan fingerprint density at radius 3 is 2.52 bits per heavy atom. The molecule has 1 aromatic heterocycles. The number of alkyl halides is 3. The van der Waals surface area contributed by atoms with E-state index in [4.69, 9.17) is 11.6 Å². The first kappa shape index (κ1) is 26.0. The van der Waals surface area contributed by atoms with Crippen LogP contribution in [0.2, 0.25) is 5.02 Å². The predicted molar refractivity (Wildman–Crippen MR) is 112 cm³/mol. The van der Waals surface area contributed by atoms with Crippen LogP contribution in [0.15, 0.2) is 41.7 Å². The molecule has 1 amide bonds. The molecule has 0 radical (unpaired) electrons. The smallest absolute Gasteiger partial charge is 0.344 e. The monoisotopic (exact) mass is 504 g/mol. The molecular weight excluding hydrogens is 488 g/mol. The van der Waals surface area contributed by atoms with Crippen LogP contribution in [0.1, 0.15) is 28.5 Å². The molecule has 33 heavy (non-hydrogen) atoms. The van der Waals surface area contributed by atoms with Gasteiger partial charge in [0, 0.05) is 18.8 Å². The molecule has 1 N–H and O–H groups in total. The first-order chi connectivity index (χ1) is 15.2. The van der Waals surface area contributed by atoms with Crippen LogP contribution in [0.3, 0.4) is 0 Å². The highest BCUT2D eigenvalue weighted by atomic mass is 35.5. The van der Waals surface area contributed by atoms with Gasteiger partial charge in [-0.2, -0.15) is 18.4 Å². The van der Waals surface area contributed by atoms with Crippen molar-refractivity contribution in [2.45, 2.75) is 31.0 Å². The number of nitrogens with one attached hydrogen (secondary N) is 1. The van der Waals surface area contributed by atoms with Gasteiger partial charge in [0.15, 0.2) is 0 Å². The molecule has 2 rings (SSSR count). The van der Waals surface area contributed by atoms with Crippen LogP contribution in [-0.4, -0.2) is 35.4 Å². The molecule has 1 aromatic carbocycles. The Morgan fingerprint density at radius 2 is 2.00 bits per heavy atom. The van der Waals surface area contributed by atoms with Gasteiger partial charge in [-0.1, -0.05) is 18.2 Å². The lowest BCUT2D eigenvalue weighted by Crippen LogP contribution is -2.43. The lowest BCUT2D eigenvalue weighted by Gasteiger charge is -2.27. The Kier molecular flexibility index (Phi) is 7.33. The van der Waals surface area contributed by atoms with E-state index in [1.807, 2.05) is 5.73 Å². The fourth-order valence-electron chi connectivity index (χ4n) is 2.86. The minimum atomic E-state index is -4.92. The van der Waals surface area contributed by atoms with E-state index >= 15 is 0 Å². The summed E-state index contributed by atoms with van der Waals surface area (Å²) in [5, 5.41) is 11.0. The fourth-order valence-corrected chi connectivity index (χ4v) is 5.01. The second kappa shape index (κ2) is 9.31. The number of nitrogens with zero attached hydrogens (tertiary/aromatic N) is 3. The topological polar surface area (TPSA) is 95.2 Å². The average molecular weight is 505 g/mol. The fraction of sp³-hybridized carbons (Fsp3) is 0.250. The number of aryl methyl sites for hydroxylation is 1. The second-order valence-corrected chi connectivity index (χ2v) is 9.00. The average Bonchev–Trinajstić information content (AvgIpc) is 3.02. The highest BCUT2D eigenvalue weighted by Crippen LogP contribution is 2.34. The minimum Gasteiger partial charge on any atom is -0.344 e. The van der Waals surface area contributed by atoms with Crippen molar-refractivity contribution in [3.05, 3.63) is 64.5 Å². The van der Waals surface area contributed by atoms with E-state index in [1.165, 1.54) is 14.0 Å². The summed E-state index contributed by atoms with van der Waals surface area (Å²) in [6.07, 6.45) is -3.53. The highest BCUT2D eigenvalue weighted by Gasteiger charge is 2.45. The summed E-state index contributed by atoms with van der Waals surface area (Å²) in [4.78, 5) is 12.0. The van der Waals surface area contributed by atoms with E-state index in [0.29, 0.717) is 13.1 Å². The maximum Gasteiger partial charge on any atom is 0.409 e. The number of benzene rings is 1. The summed E-state index contributed by atoms with van der Waals surface area (Å²) in [6, 6.07) is 1.43. The standard InChI is InChI=1S/C20H17ClF4N4O3S/c1-5-8-29(12(3)20(23,24)25)33(31,32)16-10-28(4)18(17(16)21)19(30)27-15-7-6-14(22)11(2)13(15)9-26/h6-8,10,12H,1H2,2-4H3,(H,27,30)/t12-/m1/s1. The third-order valence-corrected chi connectivity index (χ3v) is 7.03. The number of anilines is 1. The van der Waals surface area contributed by atoms with E-state index < -0.39 is 49.6 Å². The number of hydrogen-bond acceptors (Lipinski definition) is 4. The molecule has 0 spiro atoms. The van der Waals surface area contributed by atoms with Gasteiger partial charge in [-0.25, -0.2) is 12.8 Å². The van der Waals surface area contributed by atoms with Crippen LogP contribution in [0, 0.1) is 24.1 Å². The maximum absolute atomic E-state index is 13.7. The molecule has 7 nitrogen and oxygen atoms in total. The minimum absolute atomic E-state index is 0.0139. The molecule has 2 aromatic rings. The van der Waals surface area contributed by atoms with Crippen LogP contribution in [-0.2, 0) is 17.1 Å². The van der Waals surface area contributed by atoms with Crippen molar-refractivity contribution in [2.75, 3.05) is 5.32 Å². The Hall–Kier alpha value is -3.26. The van der Waals surface area contributed by atoms with Gasteiger partial charge in [-0.05, 0) is 26.0 Å². The van der Waals surface area contributed by atoms with E-state index in [1.54, 1.807) is 6.07 Å². The van der Waals surface area contributed by atoms with Gasteiger partial charge >= 0.3 is 6.18 Å². The second-order valence-electron chi connectivity index (χ2n) is 6.81. The number of amides is 1. The first-order valence-corrected chi connectivity index (χ1v) is 10.8. The molecular formula is C20H17ClF4N4O3S. The van der Waals surface area contributed by atoms with E-state index in [0.717, 1.165) is 22.9 Å². The summed E-state index contributed by atoms with van der Waals surface area (Å²) in [5.41, 5.74) is 1.33. The highest BCUT2D eigenvalue weighted by molar-refractivity contribution is 7.89. The van der Waals surface area contributed by atoms with E-state index in [-0.39, 0.29) is 21.1 Å². The molecule has 0 fully saturated rings. The number of rotatable bonds is 6. The van der Waals surface area contributed by atoms with Gasteiger partial charge in [0.05, 0.1) is 22.5 Å². The van der Waals surface area contributed by atoms with Crippen molar-refractivity contribution in [1.82, 2.24) is 8.87 Å². The molecule has 0 bridgehead atoms. The van der Waals surface area contributed by atoms with Crippen LogP contribution in [0.5, 0.6) is 0 Å². The molecule has 176 valence electrons. The summed E-state index contributed by atoms with van der Waals surface area (Å²) in [7, 11) is -3.64. The van der Waals surface area contributed by atoms with Crippen LogP contribution < -0.4 is 5.32 Å². The molecule has 0 unspecified atom stereocenters. The van der Waals surface area contributed by atoms with Crippen molar-refractivity contribution >= 4 is 33.2 Å². The number of sulfonamides is 1. The number of hydrogen-bond donors (Lipinski definition) is 1. The van der Waals surface area contributed by atoms with Gasteiger partial charge in [-0.15, -0.1) is 5.73 Å². The molecule has 1 atom stereocenters. The predicted octanol–water partition coefficient (Wildman–Crippen LogP) is 4.49. The normalized spacial score (nSPS) is 12.5. The van der Waals surface area contributed by atoms with Crippen LogP contribution in [0.4, 0.5) is 23.2 Å². The molecule has 0 saturated carbocycles. The molecule has 0 aliphatic rings. The van der Waals surface area contributed by atoms with Crippen molar-refractivity contribution in [3.63, 3.8) is 0 Å². The van der Waals surface area contributed by atoms with Gasteiger partial charge in [0.2, 0.25) is 0 Å². The summed E-state index contributed by atoms with van der Waals surface area (Å²) in [6.45, 7) is 5.06. The van der Waals surface area contributed by atoms with Gasteiger partial charge in [0.1, 0.15) is 28.5 Å². The van der Waals surface area contributed by atoms with Crippen molar-refractivity contribution in [3.8, 4) is 6.07 Å². The summed E-state index contributed by atoms with van der Waals surface area (Å²) in [5.74, 6) is -1.65. The van der Waals surface area contributed by atoms with Crippen molar-refractivity contribution in [1.29, 1.82) is 5.26 Å². The maximum atomic E-state index is 13.7. The Labute approximate surface area is 192 Å². The lowest BCUT2D eigenvalue weighted by atomic mass is 10.1. The molecule has 0 aliphatic carbocycles. The number of nitriles is 1. The molecule has 0 saturated heterocycles. The number of aromatic nitrogens is 1. The first-order valence-electron chi connectivity index (χ1n) is 9.00. The van der Waals surface area contributed by atoms with E-state index in [9.17, 15) is 36.0 Å². The zero-order chi connectivity index (χ0) is 25.3. The molecule has 13 heteroatoms. The SMILES string of the molecule is C=C=CN([C@H](C)C(F)(F)F)S(=O)(=O)c1cn(C)c(C(=O)Nc2ccc(F)c(C)c2C#N)c1Cl. The third kappa shape index (κ3) is 4.90. The lowest BCUT2D eigenvalue weighted by molar-refractivity contribution is -0.161. The Balaban J connectivity index is 2.56. The van der Waals surface area contributed by atoms with E-state index in [2.05, 4.69) is 11.9 Å². The zero-order valence-electron chi connectivity index (χ0n) is 17.5. The van der Waals surface area contributed by atoms with Crippen molar-refractivity contribution in [2.24, 2.45) is 7.05 Å². The van der Waals surface area contributed by atoms with Crippen LogP contribution in [0.25, 0.3) is 0 Å². The largest absolute Gasteiger partial charge is 0.409 e. The quantitative estimate of drug-likeness (QED) is 0.463. The number of carbonyl (C=O) groups is 1. The number of carbonyl (C=O) groups excluding carboxylic acids is 1. The molecule has 1 heterocycles. The Morgan fingerprint density at radius 1 is 1.39 bits per heavy atom. The summed E-state index contributed by atoms with van der Waals surface area (Å²) >= 11 is 6.12. The Bertz CT molecular complexity index is 1310. The van der Waals surface area contributed by atoms with Crippen LogP contribution >= 0.6 is 11.6 Å². The van der Waals surface area contributed by atoms with Gasteiger partial charge in [0.25, 0.3) is 15.9 Å². The van der Waals surface area contributed by atoms with Gasteiger partial charge < -0.3 is 9.88 Å². The third-order valence-electron chi connectivity index (χ3n) is 4.69. The van der Waals surface area contributed by atoms with Crippen molar-refractivity contribution < 1.29 is 30.8 Å². The molecule has 0 aliphatic heterocycles.